The van der Waals surface area contributed by atoms with Gasteiger partial charge in [0.1, 0.15) is 5.75 Å². The molecule has 0 unspecified atom stereocenters. The summed E-state index contributed by atoms with van der Waals surface area (Å²) in [6.45, 7) is 7.70. The van der Waals surface area contributed by atoms with Gasteiger partial charge >= 0.3 is 0 Å². The molecule has 1 rings (SSSR count). The zero-order valence-electron chi connectivity index (χ0n) is 12.2. The molecule has 0 saturated carbocycles. The second kappa shape index (κ2) is 7.24. The fraction of sp³-hybridized carbons (Fsp3) is 0.923. The Morgan fingerprint density at radius 2 is 1.89 bits per heavy atom. The number of hydrogen-bond acceptors (Lipinski definition) is 4. The van der Waals surface area contributed by atoms with E-state index in [0.717, 1.165) is 32.4 Å². The summed E-state index contributed by atoms with van der Waals surface area (Å²) in [7, 11) is -3.31. The van der Waals surface area contributed by atoms with E-state index in [2.05, 4.69) is 5.32 Å². The molecule has 0 aromatic carbocycles. The average Bonchev–Trinajstić information content (AvgIpc) is 2.36. The quantitative estimate of drug-likeness (QED) is 0.786. The summed E-state index contributed by atoms with van der Waals surface area (Å²) in [5.41, 5.74) is 0. The zero-order valence-corrected chi connectivity index (χ0v) is 13.0. The van der Waals surface area contributed by atoms with Gasteiger partial charge in [-0.05, 0) is 46.2 Å². The van der Waals surface area contributed by atoms with Gasteiger partial charge in [0.25, 0.3) is 0 Å². The molecule has 0 spiro atoms. The lowest BCUT2D eigenvalue weighted by Gasteiger charge is -2.34. The molecule has 0 aromatic rings. The molecule has 19 heavy (non-hydrogen) atoms. The molecule has 1 N–H and O–H groups in total. The molecule has 1 amide bonds. The van der Waals surface area contributed by atoms with Crippen molar-refractivity contribution >= 4 is 15.7 Å². The molecule has 0 aliphatic carbocycles. The first kappa shape index (κ1) is 16.4. The average molecular weight is 290 g/mol. The topological polar surface area (TPSA) is 66.5 Å². The van der Waals surface area contributed by atoms with Gasteiger partial charge in [-0.15, -0.1) is 0 Å². The van der Waals surface area contributed by atoms with E-state index in [1.165, 1.54) is 0 Å². The van der Waals surface area contributed by atoms with Crippen LogP contribution in [0.15, 0.2) is 0 Å². The van der Waals surface area contributed by atoms with E-state index < -0.39 is 15.1 Å². The van der Waals surface area contributed by atoms with E-state index >= 15 is 0 Å². The van der Waals surface area contributed by atoms with Crippen molar-refractivity contribution in [2.75, 3.05) is 25.4 Å². The molecule has 5 nitrogen and oxygen atoms in total. The van der Waals surface area contributed by atoms with Crippen molar-refractivity contribution in [1.82, 2.24) is 10.2 Å². The Morgan fingerprint density at radius 1 is 1.32 bits per heavy atom. The maximum absolute atomic E-state index is 12.3. The van der Waals surface area contributed by atoms with Crippen LogP contribution in [0.5, 0.6) is 0 Å². The number of piperidine rings is 1. The Hall–Kier alpha value is -0.620. The molecule has 1 aliphatic heterocycles. The van der Waals surface area contributed by atoms with Crippen LogP contribution in [0.3, 0.4) is 0 Å². The van der Waals surface area contributed by atoms with Crippen molar-refractivity contribution in [3.63, 3.8) is 0 Å². The first-order chi connectivity index (χ1) is 8.88. The van der Waals surface area contributed by atoms with Crippen molar-refractivity contribution in [2.24, 2.45) is 0 Å². The predicted molar refractivity (Wildman–Crippen MR) is 76.8 cm³/mol. The molecule has 0 atom stereocenters. The summed E-state index contributed by atoms with van der Waals surface area (Å²) in [5, 5.41) is 2.77. The third-order valence-electron chi connectivity index (χ3n) is 3.58. The molecule has 1 aliphatic rings. The summed E-state index contributed by atoms with van der Waals surface area (Å²) in [6.07, 6.45) is 2.68. The van der Waals surface area contributed by atoms with Gasteiger partial charge in [0, 0.05) is 12.6 Å². The lowest BCUT2D eigenvalue weighted by molar-refractivity contribution is -0.131. The third-order valence-corrected chi connectivity index (χ3v) is 5.66. The number of hydrogen-bond donors (Lipinski definition) is 1. The summed E-state index contributed by atoms with van der Waals surface area (Å²) >= 11 is 0. The highest BCUT2D eigenvalue weighted by Crippen LogP contribution is 2.14. The first-order valence-electron chi connectivity index (χ1n) is 7.10. The molecular weight excluding hydrogens is 264 g/mol. The third kappa shape index (κ3) is 4.76. The van der Waals surface area contributed by atoms with Crippen LogP contribution in [0.25, 0.3) is 0 Å². The fourth-order valence-electron chi connectivity index (χ4n) is 2.29. The maximum atomic E-state index is 12.3. The minimum absolute atomic E-state index is 0.191. The molecule has 0 aromatic heterocycles. The minimum Gasteiger partial charge on any atom is -0.339 e. The highest BCUT2D eigenvalue weighted by Gasteiger charge is 2.29. The molecule has 6 heteroatoms. The number of nitrogens with zero attached hydrogens (tertiary/aromatic N) is 1. The van der Waals surface area contributed by atoms with E-state index in [4.69, 9.17) is 0 Å². The van der Waals surface area contributed by atoms with Crippen LogP contribution in [0.4, 0.5) is 0 Å². The fourth-order valence-corrected chi connectivity index (χ4v) is 3.14. The molecule has 0 radical (unpaired) electrons. The van der Waals surface area contributed by atoms with Crippen molar-refractivity contribution in [3.05, 3.63) is 0 Å². The Labute approximate surface area is 116 Å². The summed E-state index contributed by atoms with van der Waals surface area (Å²) in [5.74, 6) is -0.586. The largest absolute Gasteiger partial charge is 0.339 e. The monoisotopic (exact) mass is 290 g/mol. The van der Waals surface area contributed by atoms with Crippen LogP contribution in [0, 0.1) is 0 Å². The second-order valence-electron chi connectivity index (χ2n) is 5.42. The second-order valence-corrected chi connectivity index (χ2v) is 7.98. The van der Waals surface area contributed by atoms with Gasteiger partial charge in [-0.3, -0.25) is 4.79 Å². The van der Waals surface area contributed by atoms with Gasteiger partial charge < -0.3 is 10.2 Å². The number of rotatable bonds is 6. The van der Waals surface area contributed by atoms with Crippen LogP contribution >= 0.6 is 0 Å². The van der Waals surface area contributed by atoms with E-state index in [1.54, 1.807) is 18.7 Å². The number of sulfone groups is 1. The molecule has 1 saturated heterocycles. The number of carbonyl (C=O) groups excluding carboxylic acids is 1. The van der Waals surface area contributed by atoms with Crippen LogP contribution < -0.4 is 5.32 Å². The Morgan fingerprint density at radius 3 is 2.37 bits per heavy atom. The Bertz CT molecular complexity index is 387. The first-order valence-corrected chi connectivity index (χ1v) is 8.81. The Kier molecular flexibility index (Phi) is 6.26. The van der Waals surface area contributed by atoms with Gasteiger partial charge in [-0.25, -0.2) is 8.42 Å². The van der Waals surface area contributed by atoms with Crippen molar-refractivity contribution in [3.8, 4) is 0 Å². The maximum Gasteiger partial charge on any atom is 0.238 e. The van der Waals surface area contributed by atoms with Gasteiger partial charge in [0.15, 0.2) is 9.84 Å². The van der Waals surface area contributed by atoms with Gasteiger partial charge in [-0.2, -0.15) is 0 Å². The van der Waals surface area contributed by atoms with Crippen molar-refractivity contribution < 1.29 is 13.2 Å². The predicted octanol–water partition coefficient (Wildman–Crippen LogP) is 0.800. The highest BCUT2D eigenvalue weighted by molar-refractivity contribution is 7.92. The summed E-state index contributed by atoms with van der Waals surface area (Å²) in [4.78, 5) is 14.1. The molecule has 112 valence electrons. The van der Waals surface area contributed by atoms with Crippen LogP contribution in [-0.2, 0) is 14.6 Å². The number of nitrogens with one attached hydrogen (secondary N) is 1. The lowest BCUT2D eigenvalue weighted by Crippen LogP contribution is -2.48. The standard InChI is InChI=1S/C13H26N2O3S/c1-4-9-15(12-5-7-14-8-6-12)13(16)10-19(17,18)11(2)3/h11-12,14H,4-10H2,1-3H3. The molecular formula is C13H26N2O3S. The van der Waals surface area contributed by atoms with E-state index in [0.29, 0.717) is 6.54 Å². The van der Waals surface area contributed by atoms with E-state index in [1.807, 2.05) is 6.92 Å². The van der Waals surface area contributed by atoms with Crippen LogP contribution in [-0.4, -0.2) is 55.9 Å². The molecule has 1 fully saturated rings. The minimum atomic E-state index is -3.31. The zero-order chi connectivity index (χ0) is 14.5. The normalized spacial score (nSPS) is 17.7. The van der Waals surface area contributed by atoms with Gasteiger partial charge in [-0.1, -0.05) is 6.92 Å². The Balaban J connectivity index is 2.72. The van der Waals surface area contributed by atoms with E-state index in [9.17, 15) is 13.2 Å². The highest BCUT2D eigenvalue weighted by atomic mass is 32.2. The molecule has 0 bridgehead atoms. The van der Waals surface area contributed by atoms with Gasteiger partial charge in [0.05, 0.1) is 5.25 Å². The van der Waals surface area contributed by atoms with Crippen LogP contribution in [0.2, 0.25) is 0 Å². The number of amides is 1. The van der Waals surface area contributed by atoms with Crippen LogP contribution in [0.1, 0.15) is 40.0 Å². The molecule has 1 heterocycles. The summed E-state index contributed by atoms with van der Waals surface area (Å²) < 4.78 is 23.7. The number of carbonyl (C=O) groups is 1. The van der Waals surface area contributed by atoms with E-state index in [-0.39, 0.29) is 17.7 Å². The SMILES string of the molecule is CCCN(C(=O)CS(=O)(=O)C(C)C)C1CCNCC1. The van der Waals surface area contributed by atoms with Crippen molar-refractivity contribution in [2.45, 2.75) is 51.3 Å². The smallest absolute Gasteiger partial charge is 0.238 e. The summed E-state index contributed by atoms with van der Waals surface area (Å²) in [6, 6.07) is 0.191. The van der Waals surface area contributed by atoms with Crippen molar-refractivity contribution in [1.29, 1.82) is 0 Å². The lowest BCUT2D eigenvalue weighted by atomic mass is 10.0. The van der Waals surface area contributed by atoms with Gasteiger partial charge in [0.2, 0.25) is 5.91 Å².